The number of carbonyl (C=O) groups is 2. The van der Waals surface area contributed by atoms with Gasteiger partial charge in [0.15, 0.2) is 6.10 Å². The molecule has 27 heavy (non-hydrogen) atoms. The number of likely N-dealkylation sites (N-methyl/N-ethyl adjacent to an activating group) is 1. The zero-order chi connectivity index (χ0) is 19.8. The van der Waals surface area contributed by atoms with Crippen molar-refractivity contribution in [3.63, 3.8) is 0 Å². The zero-order valence-corrected chi connectivity index (χ0v) is 15.7. The van der Waals surface area contributed by atoms with Crippen molar-refractivity contribution in [3.05, 3.63) is 76.9 Å². The van der Waals surface area contributed by atoms with Crippen molar-refractivity contribution < 1.29 is 14.3 Å². The first-order valence-corrected chi connectivity index (χ1v) is 8.59. The van der Waals surface area contributed by atoms with E-state index in [2.05, 4.69) is 0 Å². The number of ether oxygens (including phenoxy) is 1. The van der Waals surface area contributed by atoms with Gasteiger partial charge in [-0.2, -0.15) is 5.26 Å². The van der Waals surface area contributed by atoms with E-state index in [1.165, 1.54) is 17.9 Å². The molecule has 138 valence electrons. The van der Waals surface area contributed by atoms with Crippen LogP contribution in [0.5, 0.6) is 0 Å². The highest BCUT2D eigenvalue weighted by Crippen LogP contribution is 2.12. The molecule has 0 aliphatic heterocycles. The Balaban J connectivity index is 2.01. The minimum Gasteiger partial charge on any atom is -0.448 e. The Morgan fingerprint density at radius 1 is 1.15 bits per heavy atom. The minimum absolute atomic E-state index is 0.149. The molecule has 2 aromatic rings. The van der Waals surface area contributed by atoms with Gasteiger partial charge in [-0.1, -0.05) is 60.2 Å². The third-order valence-electron chi connectivity index (χ3n) is 4.00. The van der Waals surface area contributed by atoms with Crippen LogP contribution in [-0.4, -0.2) is 29.9 Å². The largest absolute Gasteiger partial charge is 0.448 e. The highest BCUT2D eigenvalue weighted by atomic mass is 16.5. The Morgan fingerprint density at radius 3 is 2.37 bits per heavy atom. The van der Waals surface area contributed by atoms with Gasteiger partial charge in [-0.3, -0.25) is 4.79 Å². The molecule has 1 amide bonds. The van der Waals surface area contributed by atoms with Crippen LogP contribution in [-0.2, 0) is 20.9 Å². The molecule has 5 nitrogen and oxygen atoms in total. The summed E-state index contributed by atoms with van der Waals surface area (Å²) in [6, 6.07) is 18.7. The van der Waals surface area contributed by atoms with E-state index in [4.69, 9.17) is 4.74 Å². The van der Waals surface area contributed by atoms with E-state index < -0.39 is 12.1 Å². The number of nitrogens with zero attached hydrogens (tertiary/aromatic N) is 2. The van der Waals surface area contributed by atoms with Gasteiger partial charge in [0.2, 0.25) is 0 Å². The van der Waals surface area contributed by atoms with Crippen LogP contribution in [0.4, 0.5) is 0 Å². The fourth-order valence-corrected chi connectivity index (χ4v) is 2.49. The maximum Gasteiger partial charge on any atom is 0.349 e. The van der Waals surface area contributed by atoms with Crippen LogP contribution in [0.1, 0.15) is 23.6 Å². The second-order valence-corrected chi connectivity index (χ2v) is 6.31. The molecule has 0 bridgehead atoms. The molecule has 0 saturated heterocycles. The van der Waals surface area contributed by atoms with Crippen molar-refractivity contribution in [1.82, 2.24) is 4.90 Å². The summed E-state index contributed by atoms with van der Waals surface area (Å²) in [7, 11) is 1.65. The summed E-state index contributed by atoms with van der Waals surface area (Å²) in [5.41, 5.74) is 2.62. The second-order valence-electron chi connectivity index (χ2n) is 6.31. The van der Waals surface area contributed by atoms with Crippen molar-refractivity contribution in [3.8, 4) is 6.07 Å². The predicted octanol–water partition coefficient (Wildman–Crippen LogP) is 3.49. The highest BCUT2D eigenvalue weighted by Gasteiger charge is 2.23. The lowest BCUT2D eigenvalue weighted by Crippen LogP contribution is -2.37. The molecule has 0 N–H and O–H groups in total. The van der Waals surface area contributed by atoms with E-state index in [0.717, 1.165) is 11.1 Å². The molecular weight excluding hydrogens is 340 g/mol. The summed E-state index contributed by atoms with van der Waals surface area (Å²) in [6.45, 7) is 3.86. The molecule has 0 unspecified atom stereocenters. The number of aryl methyl sites for hydroxylation is 1. The number of benzene rings is 2. The number of esters is 1. The van der Waals surface area contributed by atoms with Gasteiger partial charge in [-0.05, 0) is 31.1 Å². The van der Waals surface area contributed by atoms with Gasteiger partial charge in [-0.25, -0.2) is 4.79 Å². The zero-order valence-electron chi connectivity index (χ0n) is 15.7. The number of carbonyl (C=O) groups excluding carboxylic acids is 2. The van der Waals surface area contributed by atoms with E-state index in [9.17, 15) is 14.9 Å². The summed E-state index contributed by atoms with van der Waals surface area (Å²) in [6.07, 6.45) is 0.466. The summed E-state index contributed by atoms with van der Waals surface area (Å²) >= 11 is 0. The molecule has 0 aromatic heterocycles. The topological polar surface area (TPSA) is 70.4 Å². The maximum absolute atomic E-state index is 12.4. The van der Waals surface area contributed by atoms with E-state index in [1.807, 2.05) is 67.6 Å². The van der Waals surface area contributed by atoms with Crippen molar-refractivity contribution in [2.45, 2.75) is 26.5 Å². The molecular formula is C22H22N2O3. The minimum atomic E-state index is -0.985. The van der Waals surface area contributed by atoms with E-state index >= 15 is 0 Å². The third-order valence-corrected chi connectivity index (χ3v) is 4.00. The molecule has 2 rings (SSSR count). The lowest BCUT2D eigenvalue weighted by atomic mass is 10.1. The Morgan fingerprint density at radius 2 is 1.78 bits per heavy atom. The molecule has 1 atom stereocenters. The van der Waals surface area contributed by atoms with Crippen molar-refractivity contribution in [2.24, 2.45) is 0 Å². The van der Waals surface area contributed by atoms with Crippen LogP contribution in [0.3, 0.4) is 0 Å². The van der Waals surface area contributed by atoms with Gasteiger partial charge in [0.25, 0.3) is 5.91 Å². The summed E-state index contributed by atoms with van der Waals surface area (Å²) < 4.78 is 5.20. The molecule has 5 heteroatoms. The normalized spacial score (nSPS) is 12.0. The van der Waals surface area contributed by atoms with E-state index in [0.29, 0.717) is 12.1 Å². The Hall–Kier alpha value is -3.39. The molecule has 0 heterocycles. The van der Waals surface area contributed by atoms with Crippen LogP contribution < -0.4 is 0 Å². The molecule has 0 radical (unpaired) electrons. The number of nitriles is 1. The average Bonchev–Trinajstić information content (AvgIpc) is 2.67. The van der Waals surface area contributed by atoms with Crippen molar-refractivity contribution in [2.75, 3.05) is 7.05 Å². The van der Waals surface area contributed by atoms with Gasteiger partial charge >= 0.3 is 5.97 Å². The van der Waals surface area contributed by atoms with Crippen LogP contribution >= 0.6 is 0 Å². The van der Waals surface area contributed by atoms with Crippen molar-refractivity contribution >= 4 is 18.0 Å². The first-order valence-electron chi connectivity index (χ1n) is 8.59. The van der Waals surface area contributed by atoms with Crippen molar-refractivity contribution in [1.29, 1.82) is 5.26 Å². The lowest BCUT2D eigenvalue weighted by molar-refractivity contribution is -0.155. The second kappa shape index (κ2) is 9.35. The van der Waals surface area contributed by atoms with Gasteiger partial charge in [-0.15, -0.1) is 0 Å². The number of hydrogen-bond donors (Lipinski definition) is 0. The quantitative estimate of drug-likeness (QED) is 0.448. The van der Waals surface area contributed by atoms with Gasteiger partial charge in [0, 0.05) is 13.6 Å². The standard InChI is InChI=1S/C22H22N2O3/c1-16-9-11-18(12-10-16)13-20(14-23)22(26)27-17(2)21(25)24(3)15-19-7-5-4-6-8-19/h4-13,17H,15H2,1-3H3/b20-13+/t17-/m0/s1. The smallest absolute Gasteiger partial charge is 0.349 e. The lowest BCUT2D eigenvalue weighted by Gasteiger charge is -2.21. The fraction of sp³-hybridized carbons (Fsp3) is 0.227. The Labute approximate surface area is 159 Å². The molecule has 2 aromatic carbocycles. The van der Waals surface area contributed by atoms with Gasteiger partial charge in [0.05, 0.1) is 0 Å². The molecule has 0 spiro atoms. The summed E-state index contributed by atoms with van der Waals surface area (Å²) in [5, 5.41) is 9.25. The van der Waals surface area contributed by atoms with E-state index in [1.54, 1.807) is 7.05 Å². The number of hydrogen-bond acceptors (Lipinski definition) is 4. The first-order chi connectivity index (χ1) is 12.9. The first kappa shape index (κ1) is 19.9. The summed E-state index contributed by atoms with van der Waals surface area (Å²) in [5.74, 6) is -1.15. The van der Waals surface area contributed by atoms with Crippen LogP contribution in [0, 0.1) is 18.3 Å². The van der Waals surface area contributed by atoms with Crippen LogP contribution in [0.15, 0.2) is 60.2 Å². The molecule has 0 saturated carbocycles. The highest BCUT2D eigenvalue weighted by molar-refractivity contribution is 5.99. The van der Waals surface area contributed by atoms with Crippen LogP contribution in [0.25, 0.3) is 6.08 Å². The van der Waals surface area contributed by atoms with E-state index in [-0.39, 0.29) is 11.5 Å². The molecule has 0 fully saturated rings. The Kier molecular flexibility index (Phi) is 6.90. The number of amides is 1. The van der Waals surface area contributed by atoms with Crippen LogP contribution in [0.2, 0.25) is 0 Å². The predicted molar refractivity (Wildman–Crippen MR) is 103 cm³/mol. The third kappa shape index (κ3) is 5.82. The maximum atomic E-state index is 12.4. The SMILES string of the molecule is Cc1ccc(/C=C(\C#N)C(=O)O[C@@H](C)C(=O)N(C)Cc2ccccc2)cc1. The molecule has 0 aliphatic carbocycles. The molecule has 0 aliphatic rings. The van der Waals surface area contributed by atoms with Gasteiger partial charge in [0.1, 0.15) is 11.6 Å². The van der Waals surface area contributed by atoms with Gasteiger partial charge < -0.3 is 9.64 Å². The summed E-state index contributed by atoms with van der Waals surface area (Å²) in [4.78, 5) is 26.2. The monoisotopic (exact) mass is 362 g/mol. The fourth-order valence-electron chi connectivity index (χ4n) is 2.49. The average molecular weight is 362 g/mol. The Bertz CT molecular complexity index is 865. The number of rotatable bonds is 6.